The fourth-order valence-corrected chi connectivity index (χ4v) is 3.15. The Morgan fingerprint density at radius 3 is 2.78 bits per heavy atom. The minimum Gasteiger partial charge on any atom is -0.469 e. The van der Waals surface area contributed by atoms with Crippen LogP contribution in [0.25, 0.3) is 11.0 Å². The standard InChI is InChI=1S/C15H18N4O7S/c1-9(20)25-6-3-5-16-10-8-11(27-7-4-12(21)24-2)13-14(18-26-17-13)15(10)19(22)23/h8,16H,3-7H2,1-2H3. The number of methoxy groups -OCH3 is 1. The Bertz CT molecular complexity index is 839. The van der Waals surface area contributed by atoms with Gasteiger partial charge >= 0.3 is 17.6 Å². The van der Waals surface area contributed by atoms with Crippen LogP contribution in [-0.2, 0) is 19.1 Å². The lowest BCUT2D eigenvalue weighted by atomic mass is 10.2. The number of anilines is 1. The van der Waals surface area contributed by atoms with Gasteiger partial charge in [0.2, 0.25) is 5.52 Å². The highest BCUT2D eigenvalue weighted by atomic mass is 32.2. The van der Waals surface area contributed by atoms with Crippen LogP contribution in [0, 0.1) is 10.1 Å². The van der Waals surface area contributed by atoms with Crippen LogP contribution in [0.5, 0.6) is 0 Å². The summed E-state index contributed by atoms with van der Waals surface area (Å²) in [6.45, 7) is 1.85. The number of hydrogen-bond donors (Lipinski definition) is 1. The van der Waals surface area contributed by atoms with Crippen LogP contribution >= 0.6 is 11.8 Å². The molecule has 0 radical (unpaired) electrons. The molecule has 1 heterocycles. The summed E-state index contributed by atoms with van der Waals surface area (Å²) in [4.78, 5) is 33.5. The van der Waals surface area contributed by atoms with Gasteiger partial charge in [0.1, 0.15) is 5.69 Å². The van der Waals surface area contributed by atoms with E-state index in [0.29, 0.717) is 23.6 Å². The van der Waals surface area contributed by atoms with E-state index in [1.807, 2.05) is 0 Å². The molecule has 2 rings (SSSR count). The lowest BCUT2D eigenvalue weighted by Gasteiger charge is -2.09. The number of fused-ring (bicyclic) bond motifs is 1. The summed E-state index contributed by atoms with van der Waals surface area (Å²) in [5.41, 5.74) is 0.259. The number of nitrogens with zero attached hydrogens (tertiary/aromatic N) is 3. The predicted octanol–water partition coefficient (Wildman–Crippen LogP) is 2.15. The van der Waals surface area contributed by atoms with Crippen molar-refractivity contribution >= 4 is 46.1 Å². The maximum absolute atomic E-state index is 11.5. The second kappa shape index (κ2) is 9.71. The molecular formula is C15H18N4O7S. The van der Waals surface area contributed by atoms with E-state index in [4.69, 9.17) is 4.74 Å². The summed E-state index contributed by atoms with van der Waals surface area (Å²) >= 11 is 1.29. The van der Waals surface area contributed by atoms with Crippen molar-refractivity contribution in [1.29, 1.82) is 0 Å². The highest BCUT2D eigenvalue weighted by molar-refractivity contribution is 7.99. The molecule has 11 nitrogen and oxygen atoms in total. The van der Waals surface area contributed by atoms with Gasteiger partial charge in [0.15, 0.2) is 5.52 Å². The zero-order valence-electron chi connectivity index (χ0n) is 14.7. The summed E-state index contributed by atoms with van der Waals surface area (Å²) in [7, 11) is 1.30. The maximum Gasteiger partial charge on any atom is 0.323 e. The predicted molar refractivity (Wildman–Crippen MR) is 95.6 cm³/mol. The molecular weight excluding hydrogens is 380 g/mol. The van der Waals surface area contributed by atoms with Gasteiger partial charge in [-0.2, -0.15) is 0 Å². The Kier molecular flexibility index (Phi) is 7.34. The van der Waals surface area contributed by atoms with Crippen LogP contribution in [0.3, 0.4) is 0 Å². The molecule has 0 saturated heterocycles. The third kappa shape index (κ3) is 5.54. The Morgan fingerprint density at radius 2 is 2.11 bits per heavy atom. The largest absolute Gasteiger partial charge is 0.469 e. The number of esters is 2. The Labute approximate surface area is 157 Å². The monoisotopic (exact) mass is 398 g/mol. The van der Waals surface area contributed by atoms with Crippen LogP contribution in [-0.4, -0.2) is 53.2 Å². The first-order valence-corrected chi connectivity index (χ1v) is 8.93. The Morgan fingerprint density at radius 1 is 1.37 bits per heavy atom. The van der Waals surface area contributed by atoms with Gasteiger partial charge in [0.25, 0.3) is 0 Å². The second-order valence-corrected chi connectivity index (χ2v) is 6.42. The molecule has 0 fully saturated rings. The maximum atomic E-state index is 11.5. The Hall–Kier alpha value is -2.89. The van der Waals surface area contributed by atoms with Gasteiger partial charge in [0.05, 0.1) is 25.1 Å². The third-order valence-corrected chi connectivity index (χ3v) is 4.42. The zero-order valence-corrected chi connectivity index (χ0v) is 15.5. The van der Waals surface area contributed by atoms with E-state index in [0.717, 1.165) is 0 Å². The van der Waals surface area contributed by atoms with Gasteiger partial charge in [-0.3, -0.25) is 19.7 Å². The van der Waals surface area contributed by atoms with Crippen molar-refractivity contribution in [3.05, 3.63) is 16.2 Å². The highest BCUT2D eigenvalue weighted by Gasteiger charge is 2.25. The van der Waals surface area contributed by atoms with Gasteiger partial charge in [-0.25, -0.2) is 4.63 Å². The average molecular weight is 398 g/mol. The number of rotatable bonds is 10. The van der Waals surface area contributed by atoms with Crippen LogP contribution in [0.15, 0.2) is 15.6 Å². The van der Waals surface area contributed by atoms with Crippen molar-refractivity contribution < 1.29 is 28.6 Å². The molecule has 146 valence electrons. The molecule has 0 aliphatic rings. The smallest absolute Gasteiger partial charge is 0.323 e. The van der Waals surface area contributed by atoms with Gasteiger partial charge in [-0.05, 0) is 22.8 Å². The Balaban J connectivity index is 2.19. The molecule has 0 spiro atoms. The molecule has 0 aliphatic heterocycles. The first-order chi connectivity index (χ1) is 12.9. The number of carbonyl (C=O) groups excluding carboxylic acids is 2. The molecule has 0 saturated carbocycles. The number of nitrogens with one attached hydrogen (secondary N) is 1. The normalized spacial score (nSPS) is 10.6. The number of nitro benzene ring substituents is 1. The number of hydrogen-bond acceptors (Lipinski definition) is 11. The van der Waals surface area contributed by atoms with Crippen molar-refractivity contribution in [1.82, 2.24) is 10.3 Å². The number of ether oxygens (including phenoxy) is 2. The van der Waals surface area contributed by atoms with Gasteiger partial charge in [-0.1, -0.05) is 0 Å². The molecule has 2 aromatic rings. The number of nitro groups is 1. The van der Waals surface area contributed by atoms with Crippen molar-refractivity contribution in [2.75, 3.05) is 31.3 Å². The lowest BCUT2D eigenvalue weighted by molar-refractivity contribution is -0.382. The molecule has 1 aromatic carbocycles. The van der Waals surface area contributed by atoms with E-state index in [1.165, 1.54) is 25.8 Å². The topological polar surface area (TPSA) is 147 Å². The summed E-state index contributed by atoms with van der Waals surface area (Å²) in [5, 5.41) is 21.8. The van der Waals surface area contributed by atoms with Crippen molar-refractivity contribution in [3.8, 4) is 0 Å². The molecule has 0 aliphatic carbocycles. The molecule has 0 bridgehead atoms. The van der Waals surface area contributed by atoms with E-state index >= 15 is 0 Å². The highest BCUT2D eigenvalue weighted by Crippen LogP contribution is 2.38. The molecule has 12 heteroatoms. The van der Waals surface area contributed by atoms with E-state index in [9.17, 15) is 19.7 Å². The molecule has 0 atom stereocenters. The summed E-state index contributed by atoms with van der Waals surface area (Å²) < 4.78 is 14.1. The summed E-state index contributed by atoms with van der Waals surface area (Å²) in [6, 6.07) is 1.57. The number of carbonyl (C=O) groups is 2. The summed E-state index contributed by atoms with van der Waals surface area (Å²) in [5.74, 6) is -0.346. The lowest BCUT2D eigenvalue weighted by Crippen LogP contribution is -2.09. The SMILES string of the molecule is COC(=O)CCSc1cc(NCCCOC(C)=O)c([N+](=O)[O-])c2nonc12. The van der Waals surface area contributed by atoms with Crippen molar-refractivity contribution in [3.63, 3.8) is 0 Å². The second-order valence-electron chi connectivity index (χ2n) is 5.28. The molecule has 0 unspecified atom stereocenters. The van der Waals surface area contributed by atoms with E-state index < -0.39 is 4.92 Å². The van der Waals surface area contributed by atoms with Crippen molar-refractivity contribution in [2.24, 2.45) is 0 Å². The molecule has 1 aromatic heterocycles. The number of benzene rings is 1. The van der Waals surface area contributed by atoms with Gasteiger partial charge < -0.3 is 14.8 Å². The van der Waals surface area contributed by atoms with Crippen LogP contribution in [0.4, 0.5) is 11.4 Å². The van der Waals surface area contributed by atoms with Gasteiger partial charge in [-0.15, -0.1) is 11.8 Å². The summed E-state index contributed by atoms with van der Waals surface area (Å²) in [6.07, 6.45) is 0.646. The molecule has 1 N–H and O–H groups in total. The fourth-order valence-electron chi connectivity index (χ4n) is 2.19. The quantitative estimate of drug-likeness (QED) is 0.206. The first-order valence-electron chi connectivity index (χ1n) is 7.94. The van der Waals surface area contributed by atoms with Crippen LogP contribution < -0.4 is 5.32 Å². The van der Waals surface area contributed by atoms with E-state index in [-0.39, 0.29) is 47.4 Å². The number of aromatic nitrogens is 2. The van der Waals surface area contributed by atoms with E-state index in [1.54, 1.807) is 6.07 Å². The van der Waals surface area contributed by atoms with Crippen LogP contribution in [0.2, 0.25) is 0 Å². The van der Waals surface area contributed by atoms with E-state index in [2.05, 4.69) is 25.0 Å². The average Bonchev–Trinajstić information content (AvgIpc) is 3.10. The number of thioether (sulfide) groups is 1. The minimum atomic E-state index is -0.566. The van der Waals surface area contributed by atoms with Crippen LogP contribution in [0.1, 0.15) is 19.8 Å². The minimum absolute atomic E-state index is 0.0190. The third-order valence-electron chi connectivity index (χ3n) is 3.39. The first kappa shape index (κ1) is 20.4. The fraction of sp³-hybridized carbons (Fsp3) is 0.467. The van der Waals surface area contributed by atoms with Gasteiger partial charge in [0, 0.05) is 24.1 Å². The zero-order chi connectivity index (χ0) is 19.8. The molecule has 27 heavy (non-hydrogen) atoms. The van der Waals surface area contributed by atoms with Crippen molar-refractivity contribution in [2.45, 2.75) is 24.7 Å². The molecule has 0 amide bonds.